The van der Waals surface area contributed by atoms with Gasteiger partial charge in [-0.05, 0) is 30.9 Å². The molecule has 3 rings (SSSR count). The Morgan fingerprint density at radius 3 is 2.61 bits per heavy atom. The standard InChI is InChI=1S/C23H36N4O4/c1-3-29-14-15-30-18-20-7-4-6-19(16-20)17-25-23(24-2)27-11-9-26(10-12-27)22(28)21-8-5-13-31-21/h4,6-7,16,21H,3,5,8-15,17-18H2,1-2H3,(H,24,25). The average Bonchev–Trinajstić information content (AvgIpc) is 3.35. The molecule has 31 heavy (non-hydrogen) atoms. The highest BCUT2D eigenvalue weighted by Gasteiger charge is 2.30. The monoisotopic (exact) mass is 432 g/mol. The van der Waals surface area contributed by atoms with E-state index in [0.29, 0.717) is 52.7 Å². The number of carbonyl (C=O) groups is 1. The van der Waals surface area contributed by atoms with E-state index in [0.717, 1.165) is 37.5 Å². The van der Waals surface area contributed by atoms with E-state index in [1.54, 1.807) is 7.05 Å². The summed E-state index contributed by atoms with van der Waals surface area (Å²) in [6.45, 7) is 8.84. The van der Waals surface area contributed by atoms with Crippen LogP contribution in [-0.2, 0) is 32.2 Å². The Balaban J connectivity index is 1.42. The van der Waals surface area contributed by atoms with Gasteiger partial charge in [-0.3, -0.25) is 9.79 Å². The van der Waals surface area contributed by atoms with Crippen LogP contribution < -0.4 is 5.32 Å². The zero-order valence-corrected chi connectivity index (χ0v) is 18.8. The van der Waals surface area contributed by atoms with Crippen molar-refractivity contribution in [3.63, 3.8) is 0 Å². The number of hydrogen-bond acceptors (Lipinski definition) is 5. The van der Waals surface area contributed by atoms with Crippen molar-refractivity contribution in [1.82, 2.24) is 15.1 Å². The summed E-state index contributed by atoms with van der Waals surface area (Å²) >= 11 is 0. The summed E-state index contributed by atoms with van der Waals surface area (Å²) in [7, 11) is 1.80. The van der Waals surface area contributed by atoms with Gasteiger partial charge in [0.2, 0.25) is 0 Å². The maximum atomic E-state index is 12.5. The molecular formula is C23H36N4O4. The summed E-state index contributed by atoms with van der Waals surface area (Å²) in [4.78, 5) is 21.1. The lowest BCUT2D eigenvalue weighted by Gasteiger charge is -2.37. The summed E-state index contributed by atoms with van der Waals surface area (Å²) in [6, 6.07) is 8.38. The number of carbonyl (C=O) groups excluding carboxylic acids is 1. The lowest BCUT2D eigenvalue weighted by molar-refractivity contribution is -0.142. The molecule has 0 spiro atoms. The average molecular weight is 433 g/mol. The maximum absolute atomic E-state index is 12.5. The highest BCUT2D eigenvalue weighted by Crippen LogP contribution is 2.16. The molecule has 8 heteroatoms. The van der Waals surface area contributed by atoms with E-state index in [9.17, 15) is 4.79 Å². The predicted octanol–water partition coefficient (Wildman–Crippen LogP) is 1.64. The molecule has 2 heterocycles. The van der Waals surface area contributed by atoms with Crippen LogP contribution in [0.15, 0.2) is 29.3 Å². The summed E-state index contributed by atoms with van der Waals surface area (Å²) in [5.74, 6) is 1.00. The van der Waals surface area contributed by atoms with Crippen molar-refractivity contribution in [2.45, 2.75) is 39.0 Å². The van der Waals surface area contributed by atoms with Gasteiger partial charge in [0.05, 0.1) is 19.8 Å². The maximum Gasteiger partial charge on any atom is 0.251 e. The third-order valence-corrected chi connectivity index (χ3v) is 5.59. The number of guanidine groups is 1. The van der Waals surface area contributed by atoms with Crippen LogP contribution in [0.2, 0.25) is 0 Å². The molecule has 2 aliphatic heterocycles. The minimum absolute atomic E-state index is 0.139. The first-order valence-electron chi connectivity index (χ1n) is 11.3. The van der Waals surface area contributed by atoms with Crippen molar-refractivity contribution < 1.29 is 19.0 Å². The molecule has 2 saturated heterocycles. The van der Waals surface area contributed by atoms with Crippen molar-refractivity contribution in [2.24, 2.45) is 4.99 Å². The van der Waals surface area contributed by atoms with E-state index in [2.05, 4.69) is 39.5 Å². The van der Waals surface area contributed by atoms with Gasteiger partial charge in [-0.1, -0.05) is 24.3 Å². The van der Waals surface area contributed by atoms with E-state index in [4.69, 9.17) is 14.2 Å². The number of rotatable bonds is 9. The van der Waals surface area contributed by atoms with E-state index in [1.165, 1.54) is 5.56 Å². The van der Waals surface area contributed by atoms with Gasteiger partial charge in [-0.25, -0.2) is 0 Å². The molecule has 0 aromatic heterocycles. The molecule has 1 aromatic rings. The van der Waals surface area contributed by atoms with Crippen LogP contribution in [0.25, 0.3) is 0 Å². The summed E-state index contributed by atoms with van der Waals surface area (Å²) < 4.78 is 16.5. The highest BCUT2D eigenvalue weighted by atomic mass is 16.5. The second-order valence-corrected chi connectivity index (χ2v) is 7.78. The molecule has 1 aromatic carbocycles. The summed E-state index contributed by atoms with van der Waals surface area (Å²) in [5.41, 5.74) is 2.33. The fourth-order valence-electron chi connectivity index (χ4n) is 3.91. The molecule has 0 bridgehead atoms. The van der Waals surface area contributed by atoms with Crippen LogP contribution in [0.3, 0.4) is 0 Å². The Hall–Kier alpha value is -2.16. The Morgan fingerprint density at radius 2 is 1.90 bits per heavy atom. The number of aliphatic imine (C=N–C) groups is 1. The molecule has 2 fully saturated rings. The van der Waals surface area contributed by atoms with Crippen LogP contribution in [-0.4, -0.2) is 87.4 Å². The molecular weight excluding hydrogens is 396 g/mol. The Labute approximate surface area is 185 Å². The SMILES string of the molecule is CCOCCOCc1cccc(CNC(=NC)N2CCN(C(=O)C3CCCO3)CC2)c1. The third-order valence-electron chi connectivity index (χ3n) is 5.59. The number of nitrogens with one attached hydrogen (secondary N) is 1. The zero-order chi connectivity index (χ0) is 21.9. The van der Waals surface area contributed by atoms with Gasteiger partial charge in [0.25, 0.3) is 5.91 Å². The normalized spacial score (nSPS) is 19.7. The number of benzene rings is 1. The van der Waals surface area contributed by atoms with E-state index < -0.39 is 0 Å². The van der Waals surface area contributed by atoms with Gasteiger partial charge in [-0.2, -0.15) is 0 Å². The number of piperazine rings is 1. The Bertz CT molecular complexity index is 713. The number of amides is 1. The second kappa shape index (κ2) is 12.6. The molecule has 1 N–H and O–H groups in total. The van der Waals surface area contributed by atoms with Crippen molar-refractivity contribution >= 4 is 11.9 Å². The summed E-state index contributed by atoms with van der Waals surface area (Å²) in [6.07, 6.45) is 1.59. The lowest BCUT2D eigenvalue weighted by atomic mass is 10.1. The first-order chi connectivity index (χ1) is 15.2. The van der Waals surface area contributed by atoms with Crippen LogP contribution >= 0.6 is 0 Å². The highest BCUT2D eigenvalue weighted by molar-refractivity contribution is 5.82. The molecule has 2 aliphatic rings. The molecule has 0 saturated carbocycles. The van der Waals surface area contributed by atoms with Gasteiger partial charge in [0.15, 0.2) is 5.96 Å². The van der Waals surface area contributed by atoms with E-state index >= 15 is 0 Å². The molecule has 1 atom stereocenters. The number of hydrogen-bond donors (Lipinski definition) is 1. The molecule has 0 aliphatic carbocycles. The van der Waals surface area contributed by atoms with Gasteiger partial charge in [0, 0.05) is 53.0 Å². The minimum atomic E-state index is -0.237. The lowest BCUT2D eigenvalue weighted by Crippen LogP contribution is -2.55. The minimum Gasteiger partial charge on any atom is -0.379 e. The van der Waals surface area contributed by atoms with E-state index in [-0.39, 0.29) is 12.0 Å². The Kier molecular flexibility index (Phi) is 9.58. The first-order valence-corrected chi connectivity index (χ1v) is 11.3. The third kappa shape index (κ3) is 7.19. The van der Waals surface area contributed by atoms with Crippen molar-refractivity contribution in [2.75, 3.05) is 59.7 Å². The van der Waals surface area contributed by atoms with Gasteiger partial charge in [0.1, 0.15) is 6.10 Å². The van der Waals surface area contributed by atoms with Gasteiger partial charge >= 0.3 is 0 Å². The predicted molar refractivity (Wildman–Crippen MR) is 120 cm³/mol. The van der Waals surface area contributed by atoms with Crippen LogP contribution in [0.5, 0.6) is 0 Å². The van der Waals surface area contributed by atoms with Gasteiger partial charge in [-0.15, -0.1) is 0 Å². The van der Waals surface area contributed by atoms with Crippen LogP contribution in [0.1, 0.15) is 30.9 Å². The largest absolute Gasteiger partial charge is 0.379 e. The zero-order valence-electron chi connectivity index (χ0n) is 18.8. The fraction of sp³-hybridized carbons (Fsp3) is 0.652. The van der Waals surface area contributed by atoms with Crippen molar-refractivity contribution in [3.05, 3.63) is 35.4 Å². The Morgan fingerprint density at radius 1 is 1.16 bits per heavy atom. The molecule has 8 nitrogen and oxygen atoms in total. The van der Waals surface area contributed by atoms with Crippen molar-refractivity contribution in [3.8, 4) is 0 Å². The summed E-state index contributed by atoms with van der Waals surface area (Å²) in [5, 5.41) is 3.45. The van der Waals surface area contributed by atoms with E-state index in [1.807, 2.05) is 11.8 Å². The molecule has 172 valence electrons. The number of nitrogens with zero attached hydrogens (tertiary/aromatic N) is 3. The van der Waals surface area contributed by atoms with Gasteiger partial charge < -0.3 is 29.3 Å². The topological polar surface area (TPSA) is 75.6 Å². The number of ether oxygens (including phenoxy) is 3. The smallest absolute Gasteiger partial charge is 0.251 e. The molecule has 1 amide bonds. The fourth-order valence-corrected chi connectivity index (χ4v) is 3.91. The first kappa shape index (κ1) is 23.5. The van der Waals surface area contributed by atoms with Crippen molar-refractivity contribution in [1.29, 1.82) is 0 Å². The van der Waals surface area contributed by atoms with Crippen LogP contribution in [0.4, 0.5) is 0 Å². The second-order valence-electron chi connectivity index (χ2n) is 7.78. The van der Waals surface area contributed by atoms with Crippen LogP contribution in [0, 0.1) is 0 Å². The molecule has 1 unspecified atom stereocenters. The molecule has 0 radical (unpaired) electrons. The quantitative estimate of drug-likeness (QED) is 0.363.